The molecule has 0 aliphatic carbocycles. The summed E-state index contributed by atoms with van der Waals surface area (Å²) in [6.07, 6.45) is 8.27. The largest absolute Gasteiger partial charge is 0.468 e. The number of rotatable bonds is 8. The molecule has 1 aromatic heterocycles. The third kappa shape index (κ3) is 6.62. The van der Waals surface area contributed by atoms with Crippen LogP contribution in [0.15, 0.2) is 27.8 Å². The predicted molar refractivity (Wildman–Crippen MR) is 127 cm³/mol. The Morgan fingerprint density at radius 3 is 2.64 bits per heavy atom. The standard InChI is InChI=1S/C21H37N5O.HI/c1-3-22-21(23-16-18-10-5-6-12-25(18)4-2)24-17-19(20-11-9-15-27-20)26-13-7-8-14-26;/h9,11,15,18-19H,3-8,10,12-14,16-17H2,1-2H3,(H2,22,23,24);1H. The molecule has 3 heterocycles. The second-order valence-corrected chi connectivity index (χ2v) is 7.65. The van der Waals surface area contributed by atoms with Gasteiger partial charge in [0.2, 0.25) is 0 Å². The smallest absolute Gasteiger partial charge is 0.191 e. The third-order valence-electron chi connectivity index (χ3n) is 5.88. The van der Waals surface area contributed by atoms with Crippen molar-refractivity contribution in [2.45, 2.75) is 58.0 Å². The van der Waals surface area contributed by atoms with E-state index in [2.05, 4.69) is 40.3 Å². The SMILES string of the molecule is CCNC(=NCC(c1ccco1)N1CCCC1)NCC1CCCCN1CC.I. The summed E-state index contributed by atoms with van der Waals surface area (Å²) in [5, 5.41) is 7.01. The van der Waals surface area contributed by atoms with Crippen molar-refractivity contribution in [3.05, 3.63) is 24.2 Å². The number of nitrogens with zero attached hydrogens (tertiary/aromatic N) is 3. The first-order chi connectivity index (χ1) is 13.3. The van der Waals surface area contributed by atoms with Crippen molar-refractivity contribution in [2.75, 3.05) is 45.8 Å². The lowest BCUT2D eigenvalue weighted by Crippen LogP contribution is -2.49. The predicted octanol–water partition coefficient (Wildman–Crippen LogP) is 3.46. The van der Waals surface area contributed by atoms with Crippen molar-refractivity contribution in [1.29, 1.82) is 0 Å². The maximum Gasteiger partial charge on any atom is 0.191 e. The fourth-order valence-electron chi connectivity index (χ4n) is 4.36. The molecule has 160 valence electrons. The maximum atomic E-state index is 5.73. The monoisotopic (exact) mass is 503 g/mol. The van der Waals surface area contributed by atoms with Gasteiger partial charge in [-0.15, -0.1) is 24.0 Å². The van der Waals surface area contributed by atoms with E-state index in [1.807, 2.05) is 6.07 Å². The molecule has 0 saturated carbocycles. The topological polar surface area (TPSA) is 56.0 Å². The minimum absolute atomic E-state index is 0. The van der Waals surface area contributed by atoms with Crippen LogP contribution in [0.1, 0.15) is 57.8 Å². The van der Waals surface area contributed by atoms with E-state index in [9.17, 15) is 0 Å². The van der Waals surface area contributed by atoms with E-state index in [1.165, 1.54) is 38.6 Å². The number of hydrogen-bond acceptors (Lipinski definition) is 4. The van der Waals surface area contributed by atoms with E-state index >= 15 is 0 Å². The molecule has 2 fully saturated rings. The number of halogens is 1. The van der Waals surface area contributed by atoms with E-state index in [0.29, 0.717) is 6.04 Å². The highest BCUT2D eigenvalue weighted by atomic mass is 127. The Labute approximate surface area is 187 Å². The molecular formula is C21H38IN5O. The molecule has 2 saturated heterocycles. The Morgan fingerprint density at radius 2 is 1.96 bits per heavy atom. The number of guanidine groups is 1. The summed E-state index contributed by atoms with van der Waals surface area (Å²) >= 11 is 0. The van der Waals surface area contributed by atoms with Gasteiger partial charge < -0.3 is 15.1 Å². The maximum absolute atomic E-state index is 5.73. The Hall–Kier alpha value is -0.800. The van der Waals surface area contributed by atoms with E-state index < -0.39 is 0 Å². The van der Waals surface area contributed by atoms with Crippen LogP contribution in [0.4, 0.5) is 0 Å². The number of aliphatic imine (C=N–C) groups is 1. The van der Waals surface area contributed by atoms with Gasteiger partial charge >= 0.3 is 0 Å². The molecule has 6 nitrogen and oxygen atoms in total. The summed E-state index contributed by atoms with van der Waals surface area (Å²) in [4.78, 5) is 10.0. The molecule has 3 rings (SSSR count). The van der Waals surface area contributed by atoms with Crippen molar-refractivity contribution in [3.63, 3.8) is 0 Å². The van der Waals surface area contributed by atoms with Gasteiger partial charge in [-0.05, 0) is 70.9 Å². The fraction of sp³-hybridized carbons (Fsp3) is 0.762. The number of furan rings is 1. The van der Waals surface area contributed by atoms with Crippen LogP contribution in [0.5, 0.6) is 0 Å². The number of hydrogen-bond donors (Lipinski definition) is 2. The van der Waals surface area contributed by atoms with Crippen LogP contribution < -0.4 is 10.6 Å². The average molecular weight is 503 g/mol. The Kier molecular flexibility index (Phi) is 10.6. The van der Waals surface area contributed by atoms with E-state index in [0.717, 1.165) is 51.0 Å². The molecule has 0 amide bonds. The molecule has 2 aliphatic rings. The van der Waals surface area contributed by atoms with Gasteiger partial charge in [0.05, 0.1) is 18.8 Å². The first kappa shape index (κ1) is 23.5. The van der Waals surface area contributed by atoms with Gasteiger partial charge in [0.1, 0.15) is 5.76 Å². The summed E-state index contributed by atoms with van der Waals surface area (Å²) < 4.78 is 5.73. The molecule has 0 bridgehead atoms. The molecule has 0 radical (unpaired) electrons. The van der Waals surface area contributed by atoms with Crippen LogP contribution in [-0.4, -0.2) is 67.6 Å². The van der Waals surface area contributed by atoms with Crippen LogP contribution in [0, 0.1) is 0 Å². The van der Waals surface area contributed by atoms with Gasteiger partial charge in [0.25, 0.3) is 0 Å². The summed E-state index contributed by atoms with van der Waals surface area (Å²) in [5.41, 5.74) is 0. The fourth-order valence-corrected chi connectivity index (χ4v) is 4.36. The second-order valence-electron chi connectivity index (χ2n) is 7.65. The van der Waals surface area contributed by atoms with Crippen molar-refractivity contribution < 1.29 is 4.42 Å². The highest BCUT2D eigenvalue weighted by molar-refractivity contribution is 14.0. The van der Waals surface area contributed by atoms with Gasteiger partial charge in [-0.25, -0.2) is 0 Å². The zero-order chi connectivity index (χ0) is 18.9. The van der Waals surface area contributed by atoms with Crippen molar-refractivity contribution in [2.24, 2.45) is 4.99 Å². The lowest BCUT2D eigenvalue weighted by molar-refractivity contribution is 0.157. The summed E-state index contributed by atoms with van der Waals surface area (Å²) in [7, 11) is 0. The van der Waals surface area contributed by atoms with Crippen molar-refractivity contribution in [1.82, 2.24) is 20.4 Å². The van der Waals surface area contributed by atoms with Gasteiger partial charge in [-0.2, -0.15) is 0 Å². The Morgan fingerprint density at radius 1 is 1.18 bits per heavy atom. The van der Waals surface area contributed by atoms with Crippen LogP contribution in [-0.2, 0) is 0 Å². The minimum atomic E-state index is 0. The van der Waals surface area contributed by atoms with Gasteiger partial charge in [-0.1, -0.05) is 13.3 Å². The molecule has 0 spiro atoms. The Balaban J connectivity index is 0.00000280. The quantitative estimate of drug-likeness (QED) is 0.323. The normalized spacial score (nSPS) is 22.6. The zero-order valence-electron chi connectivity index (χ0n) is 17.5. The van der Waals surface area contributed by atoms with Crippen LogP contribution in [0.2, 0.25) is 0 Å². The first-order valence-corrected chi connectivity index (χ1v) is 10.9. The van der Waals surface area contributed by atoms with E-state index in [1.54, 1.807) is 6.26 Å². The molecular weight excluding hydrogens is 465 g/mol. The molecule has 2 N–H and O–H groups in total. The third-order valence-corrected chi connectivity index (χ3v) is 5.88. The van der Waals surface area contributed by atoms with Gasteiger partial charge in [0.15, 0.2) is 5.96 Å². The molecule has 7 heteroatoms. The van der Waals surface area contributed by atoms with Crippen molar-refractivity contribution >= 4 is 29.9 Å². The van der Waals surface area contributed by atoms with Crippen molar-refractivity contribution in [3.8, 4) is 0 Å². The molecule has 2 unspecified atom stereocenters. The number of likely N-dealkylation sites (tertiary alicyclic amines) is 2. The lowest BCUT2D eigenvalue weighted by Gasteiger charge is -2.35. The van der Waals surface area contributed by atoms with Crippen LogP contribution in [0.25, 0.3) is 0 Å². The zero-order valence-corrected chi connectivity index (χ0v) is 19.9. The lowest BCUT2D eigenvalue weighted by atomic mass is 10.0. The Bertz CT molecular complexity index is 559. The molecule has 2 atom stereocenters. The molecule has 2 aliphatic heterocycles. The number of likely N-dealkylation sites (N-methyl/N-ethyl adjacent to an activating group) is 1. The second kappa shape index (κ2) is 12.7. The van der Waals surface area contributed by atoms with E-state index in [4.69, 9.17) is 9.41 Å². The number of piperidine rings is 1. The molecule has 1 aromatic rings. The average Bonchev–Trinajstić information content (AvgIpc) is 3.41. The summed E-state index contributed by atoms with van der Waals surface area (Å²) in [6, 6.07) is 4.92. The molecule has 0 aromatic carbocycles. The van der Waals surface area contributed by atoms with E-state index in [-0.39, 0.29) is 30.0 Å². The van der Waals surface area contributed by atoms with Gasteiger partial charge in [0, 0.05) is 19.1 Å². The summed E-state index contributed by atoms with van der Waals surface area (Å²) in [5.74, 6) is 1.95. The van der Waals surface area contributed by atoms with Crippen LogP contribution in [0.3, 0.4) is 0 Å². The molecule has 28 heavy (non-hydrogen) atoms. The van der Waals surface area contributed by atoms with Gasteiger partial charge in [-0.3, -0.25) is 14.8 Å². The first-order valence-electron chi connectivity index (χ1n) is 10.9. The highest BCUT2D eigenvalue weighted by Gasteiger charge is 2.26. The summed E-state index contributed by atoms with van der Waals surface area (Å²) in [6.45, 7) is 11.6. The minimum Gasteiger partial charge on any atom is -0.468 e. The number of nitrogens with one attached hydrogen (secondary N) is 2. The highest BCUT2D eigenvalue weighted by Crippen LogP contribution is 2.25. The van der Waals surface area contributed by atoms with Crippen LogP contribution >= 0.6 is 24.0 Å².